The maximum absolute atomic E-state index is 11.6. The molecule has 2 unspecified atom stereocenters. The normalized spacial score (nSPS) is 24.0. The smallest absolute Gasteiger partial charge is 0.305 e. The summed E-state index contributed by atoms with van der Waals surface area (Å²) in [6.07, 6.45) is 13.4. The van der Waals surface area contributed by atoms with Crippen LogP contribution in [0.1, 0.15) is 70.3 Å². The molecule has 1 fully saturated rings. The van der Waals surface area contributed by atoms with Gasteiger partial charge in [-0.15, -0.1) is 0 Å². The quantitative estimate of drug-likeness (QED) is 0.201. The summed E-state index contributed by atoms with van der Waals surface area (Å²) in [7, 11) is 0. The molecule has 1 aliphatic carbocycles. The highest BCUT2D eigenvalue weighted by atomic mass is 16.5. The van der Waals surface area contributed by atoms with E-state index in [2.05, 4.69) is 19.1 Å². The van der Waals surface area contributed by atoms with Crippen molar-refractivity contribution >= 4 is 5.97 Å². The fourth-order valence-corrected chi connectivity index (χ4v) is 4.36. The zero-order chi connectivity index (χ0) is 23.9. The lowest BCUT2D eigenvalue weighted by Gasteiger charge is -2.19. The Bertz CT molecular complexity index is 714. The Kier molecular flexibility index (Phi) is 13.1. The minimum Gasteiger partial charge on any atom is -0.466 e. The van der Waals surface area contributed by atoms with Crippen LogP contribution in [-0.2, 0) is 16.0 Å². The third kappa shape index (κ3) is 10.7. The molecule has 0 amide bonds. The molecule has 5 atom stereocenters. The van der Waals surface area contributed by atoms with E-state index < -0.39 is 18.3 Å². The molecule has 0 saturated heterocycles. The van der Waals surface area contributed by atoms with Crippen LogP contribution in [0.2, 0.25) is 0 Å². The number of rotatable bonds is 15. The number of ether oxygens (including phenoxy) is 1. The van der Waals surface area contributed by atoms with Gasteiger partial charge < -0.3 is 20.1 Å². The van der Waals surface area contributed by atoms with Crippen LogP contribution in [0.4, 0.5) is 0 Å². The summed E-state index contributed by atoms with van der Waals surface area (Å²) in [5, 5.41) is 31.1. The molecule has 0 heterocycles. The van der Waals surface area contributed by atoms with Crippen molar-refractivity contribution in [1.82, 2.24) is 0 Å². The Hall–Kier alpha value is -1.95. The first-order chi connectivity index (χ1) is 16.0. The molecule has 184 valence electrons. The third-order valence-electron chi connectivity index (χ3n) is 6.37. The van der Waals surface area contributed by atoms with Crippen LogP contribution in [0, 0.1) is 11.8 Å². The van der Waals surface area contributed by atoms with E-state index in [0.717, 1.165) is 38.5 Å². The van der Waals surface area contributed by atoms with E-state index in [1.54, 1.807) is 6.08 Å². The predicted octanol–water partition coefficient (Wildman–Crippen LogP) is 4.74. The van der Waals surface area contributed by atoms with Crippen molar-refractivity contribution in [3.63, 3.8) is 0 Å². The van der Waals surface area contributed by atoms with E-state index in [9.17, 15) is 20.1 Å². The van der Waals surface area contributed by atoms with Crippen molar-refractivity contribution in [1.29, 1.82) is 0 Å². The molecule has 0 aliphatic heterocycles. The molecule has 33 heavy (non-hydrogen) atoms. The number of hydrogen-bond donors (Lipinski definition) is 3. The lowest BCUT2D eigenvalue weighted by Crippen LogP contribution is -2.20. The molecule has 1 saturated carbocycles. The first-order valence-electron chi connectivity index (χ1n) is 12.6. The molecule has 1 aliphatic rings. The molecule has 5 nitrogen and oxygen atoms in total. The molecule has 1 aromatic carbocycles. The van der Waals surface area contributed by atoms with Gasteiger partial charge in [-0.25, -0.2) is 0 Å². The molecular formula is C28H42O5. The Labute approximate surface area is 199 Å². The van der Waals surface area contributed by atoms with Gasteiger partial charge in [0.25, 0.3) is 0 Å². The molecule has 1 aromatic rings. The molecule has 0 aromatic heterocycles. The van der Waals surface area contributed by atoms with E-state index in [4.69, 9.17) is 4.74 Å². The summed E-state index contributed by atoms with van der Waals surface area (Å²) < 4.78 is 5.15. The predicted molar refractivity (Wildman–Crippen MR) is 132 cm³/mol. The Morgan fingerprint density at radius 3 is 2.67 bits per heavy atom. The highest BCUT2D eigenvalue weighted by molar-refractivity contribution is 5.69. The number of allylic oxidation sites excluding steroid dienone is 2. The standard InChI is InChI=1S/C28H42O5/c1-2-3-20-33-28(32)17-10-5-4-9-16-24-25(27(31)21-26(24)30)19-18-23(29)15-11-14-22-12-7-6-8-13-22/h4,6-9,12-13,18-19,23-27,29-31H,2-3,5,10-11,14-17,20-21H2,1H3/b9-4-,19-18+/t23-,24?,25?,26-,27+/m0/s1. The summed E-state index contributed by atoms with van der Waals surface area (Å²) in [5.74, 6) is -0.372. The van der Waals surface area contributed by atoms with Gasteiger partial charge in [-0.1, -0.05) is 68.0 Å². The average molecular weight is 459 g/mol. The second-order valence-electron chi connectivity index (χ2n) is 9.12. The first-order valence-corrected chi connectivity index (χ1v) is 12.6. The van der Waals surface area contributed by atoms with E-state index in [-0.39, 0.29) is 17.8 Å². The zero-order valence-corrected chi connectivity index (χ0v) is 20.0. The van der Waals surface area contributed by atoms with Crippen LogP contribution >= 0.6 is 0 Å². The number of carbonyl (C=O) groups excluding carboxylic acids is 1. The van der Waals surface area contributed by atoms with Gasteiger partial charge in [0.15, 0.2) is 0 Å². The number of esters is 1. The summed E-state index contributed by atoms with van der Waals surface area (Å²) >= 11 is 0. The second-order valence-corrected chi connectivity index (χ2v) is 9.12. The van der Waals surface area contributed by atoms with Crippen LogP contribution in [0.25, 0.3) is 0 Å². The van der Waals surface area contributed by atoms with Gasteiger partial charge in [0.05, 0.1) is 24.9 Å². The number of aliphatic hydroxyl groups is 3. The number of aryl methyl sites for hydroxylation is 1. The summed E-state index contributed by atoms with van der Waals surface area (Å²) in [6.45, 7) is 2.57. The fraction of sp³-hybridized carbons (Fsp3) is 0.607. The maximum atomic E-state index is 11.6. The van der Waals surface area contributed by atoms with Crippen LogP contribution in [-0.4, -0.2) is 46.2 Å². The topological polar surface area (TPSA) is 87.0 Å². The van der Waals surface area contributed by atoms with Crippen molar-refractivity contribution < 1.29 is 24.9 Å². The zero-order valence-electron chi connectivity index (χ0n) is 20.0. The molecule has 0 radical (unpaired) electrons. The van der Waals surface area contributed by atoms with Crippen molar-refractivity contribution in [3.8, 4) is 0 Å². The van der Waals surface area contributed by atoms with Crippen molar-refractivity contribution in [2.45, 2.75) is 89.4 Å². The first kappa shape index (κ1) is 27.3. The van der Waals surface area contributed by atoms with E-state index in [1.807, 2.05) is 36.4 Å². The van der Waals surface area contributed by atoms with Crippen molar-refractivity contribution in [2.75, 3.05) is 6.61 Å². The molecule has 0 spiro atoms. The number of unbranched alkanes of at least 4 members (excludes halogenated alkanes) is 2. The van der Waals surface area contributed by atoms with Crippen LogP contribution in [0.3, 0.4) is 0 Å². The monoisotopic (exact) mass is 458 g/mol. The lowest BCUT2D eigenvalue weighted by atomic mass is 9.89. The van der Waals surface area contributed by atoms with E-state index in [0.29, 0.717) is 32.3 Å². The average Bonchev–Trinajstić information content (AvgIpc) is 3.07. The van der Waals surface area contributed by atoms with Gasteiger partial charge in [-0.3, -0.25) is 4.79 Å². The largest absolute Gasteiger partial charge is 0.466 e. The van der Waals surface area contributed by atoms with Crippen LogP contribution in [0.15, 0.2) is 54.6 Å². The number of carbonyl (C=O) groups is 1. The molecule has 0 bridgehead atoms. The lowest BCUT2D eigenvalue weighted by molar-refractivity contribution is -0.143. The highest BCUT2D eigenvalue weighted by Gasteiger charge is 2.39. The van der Waals surface area contributed by atoms with Gasteiger partial charge in [0.1, 0.15) is 0 Å². The van der Waals surface area contributed by atoms with Gasteiger partial charge in [-0.2, -0.15) is 0 Å². The molecule has 3 N–H and O–H groups in total. The fourth-order valence-electron chi connectivity index (χ4n) is 4.36. The SMILES string of the molecule is CCCCOC(=O)CCC/C=C\CC1C(/C=C/[C@@H](O)CCCc2ccccc2)[C@H](O)C[C@@H]1O. The minimum atomic E-state index is -0.593. The summed E-state index contributed by atoms with van der Waals surface area (Å²) in [5.41, 5.74) is 1.27. The van der Waals surface area contributed by atoms with Crippen LogP contribution < -0.4 is 0 Å². The van der Waals surface area contributed by atoms with Gasteiger partial charge in [0.2, 0.25) is 0 Å². The summed E-state index contributed by atoms with van der Waals surface area (Å²) in [4.78, 5) is 11.6. The Morgan fingerprint density at radius 2 is 1.91 bits per heavy atom. The van der Waals surface area contributed by atoms with Gasteiger partial charge >= 0.3 is 5.97 Å². The minimum absolute atomic E-state index is 0.0666. The molecule has 5 heteroatoms. The highest BCUT2D eigenvalue weighted by Crippen LogP contribution is 2.36. The molecule has 2 rings (SSSR count). The van der Waals surface area contributed by atoms with Crippen molar-refractivity contribution in [2.24, 2.45) is 11.8 Å². The maximum Gasteiger partial charge on any atom is 0.305 e. The van der Waals surface area contributed by atoms with Gasteiger partial charge in [-0.05, 0) is 56.4 Å². The second kappa shape index (κ2) is 15.8. The Morgan fingerprint density at radius 1 is 1.12 bits per heavy atom. The van der Waals surface area contributed by atoms with Crippen molar-refractivity contribution in [3.05, 3.63) is 60.2 Å². The summed E-state index contributed by atoms with van der Waals surface area (Å²) in [6, 6.07) is 10.2. The van der Waals surface area contributed by atoms with Gasteiger partial charge in [0, 0.05) is 18.8 Å². The third-order valence-corrected chi connectivity index (χ3v) is 6.37. The Balaban J connectivity index is 1.70. The van der Waals surface area contributed by atoms with Crippen LogP contribution in [0.5, 0.6) is 0 Å². The molecular weight excluding hydrogens is 416 g/mol. The number of aliphatic hydroxyl groups excluding tert-OH is 3. The number of hydrogen-bond acceptors (Lipinski definition) is 5. The van der Waals surface area contributed by atoms with E-state index in [1.165, 1.54) is 5.56 Å². The van der Waals surface area contributed by atoms with E-state index >= 15 is 0 Å². The number of benzene rings is 1.